The van der Waals surface area contributed by atoms with E-state index in [1.807, 2.05) is 0 Å². The topological polar surface area (TPSA) is 96.3 Å². The lowest BCUT2D eigenvalue weighted by atomic mass is 9.90. The number of nitrogens with zero attached hydrogens (tertiary/aromatic N) is 4. The molecule has 3 rings (SSSR count). The van der Waals surface area contributed by atoms with Crippen molar-refractivity contribution < 1.29 is 14.7 Å². The van der Waals surface area contributed by atoms with Crippen LogP contribution in [-0.4, -0.2) is 49.9 Å². The molecule has 1 N–H and O–H groups in total. The van der Waals surface area contributed by atoms with Crippen molar-refractivity contribution in [2.24, 2.45) is 5.41 Å². The van der Waals surface area contributed by atoms with Crippen molar-refractivity contribution in [3.63, 3.8) is 0 Å². The third-order valence-corrected chi connectivity index (χ3v) is 4.73. The Balaban J connectivity index is 1.77. The number of hydrogen-bond acceptors (Lipinski definition) is 6. The fourth-order valence-corrected chi connectivity index (χ4v) is 3.18. The predicted molar refractivity (Wildman–Crippen MR) is 79.4 cm³/mol. The molecular formula is C14H14N4O3S. The van der Waals surface area contributed by atoms with Crippen LogP contribution in [0.3, 0.4) is 0 Å². The van der Waals surface area contributed by atoms with Crippen molar-refractivity contribution in [2.45, 2.75) is 13.3 Å². The van der Waals surface area contributed by atoms with Gasteiger partial charge in [-0.2, -0.15) is 0 Å². The average molecular weight is 318 g/mol. The first-order chi connectivity index (χ1) is 10.5. The Hall–Kier alpha value is -2.35. The van der Waals surface area contributed by atoms with Crippen LogP contribution in [0.4, 0.5) is 0 Å². The number of likely N-dealkylation sites (tertiary alicyclic amines) is 1. The molecule has 2 aromatic rings. The van der Waals surface area contributed by atoms with Gasteiger partial charge in [0.05, 0.1) is 11.6 Å². The predicted octanol–water partition coefficient (Wildman–Crippen LogP) is 1.54. The van der Waals surface area contributed by atoms with Crippen LogP contribution in [-0.2, 0) is 4.79 Å². The highest BCUT2D eigenvalue weighted by Crippen LogP contribution is 2.32. The summed E-state index contributed by atoms with van der Waals surface area (Å²) in [6, 6.07) is 1.71. The molecule has 114 valence electrons. The number of amides is 1. The molecule has 1 saturated heterocycles. The van der Waals surface area contributed by atoms with E-state index in [4.69, 9.17) is 0 Å². The number of carboxylic acid groups (broad SMARTS) is 1. The largest absolute Gasteiger partial charge is 0.481 e. The minimum absolute atomic E-state index is 0.190. The van der Waals surface area contributed by atoms with Crippen molar-refractivity contribution in [2.75, 3.05) is 13.1 Å². The van der Waals surface area contributed by atoms with Gasteiger partial charge in [0.2, 0.25) is 0 Å². The second kappa shape index (κ2) is 5.45. The number of hydrogen-bond donors (Lipinski definition) is 1. The number of carboxylic acids is 1. The van der Waals surface area contributed by atoms with E-state index in [-0.39, 0.29) is 12.5 Å². The van der Waals surface area contributed by atoms with E-state index >= 15 is 0 Å². The standard InChI is InChI=1S/C14H14N4O3S/c1-14(13(20)21)3-6-18(8-14)12(19)9-7-17-11(22-9)10-15-4-2-5-16-10/h2,4-5,7H,3,6,8H2,1H3,(H,20,21)/t14-/m0/s1. The Morgan fingerprint density at radius 3 is 2.68 bits per heavy atom. The fraction of sp³-hybridized carbons (Fsp3) is 0.357. The zero-order valence-corrected chi connectivity index (χ0v) is 12.7. The van der Waals surface area contributed by atoms with Gasteiger partial charge in [-0.1, -0.05) is 0 Å². The average Bonchev–Trinajstić information content (AvgIpc) is 3.15. The summed E-state index contributed by atoms with van der Waals surface area (Å²) in [6.07, 6.45) is 5.19. The van der Waals surface area contributed by atoms with Gasteiger partial charge in [0.25, 0.3) is 5.91 Å². The van der Waals surface area contributed by atoms with Gasteiger partial charge in [0.1, 0.15) is 4.88 Å². The van der Waals surface area contributed by atoms with E-state index in [9.17, 15) is 14.7 Å². The summed E-state index contributed by atoms with van der Waals surface area (Å²) in [5.41, 5.74) is -0.869. The van der Waals surface area contributed by atoms with Crippen LogP contribution in [0.25, 0.3) is 10.8 Å². The SMILES string of the molecule is C[C@]1(C(=O)O)CCN(C(=O)c2cnc(-c3ncccn3)s2)C1. The Bertz CT molecular complexity index is 718. The third-order valence-electron chi connectivity index (χ3n) is 3.75. The van der Waals surface area contributed by atoms with E-state index in [0.717, 1.165) is 0 Å². The van der Waals surface area contributed by atoms with Gasteiger partial charge < -0.3 is 10.0 Å². The molecule has 0 aromatic carbocycles. The molecule has 0 aliphatic carbocycles. The third kappa shape index (κ3) is 2.57. The van der Waals surface area contributed by atoms with E-state index < -0.39 is 11.4 Å². The minimum Gasteiger partial charge on any atom is -0.481 e. The minimum atomic E-state index is -0.870. The number of aliphatic carboxylic acids is 1. The highest BCUT2D eigenvalue weighted by molar-refractivity contribution is 7.16. The van der Waals surface area contributed by atoms with Crippen LogP contribution in [0.1, 0.15) is 23.0 Å². The second-order valence-electron chi connectivity index (χ2n) is 5.44. The van der Waals surface area contributed by atoms with Crippen LogP contribution in [0.15, 0.2) is 24.7 Å². The highest BCUT2D eigenvalue weighted by Gasteiger charge is 2.42. The first-order valence-corrected chi connectivity index (χ1v) is 7.57. The van der Waals surface area contributed by atoms with E-state index in [2.05, 4.69) is 15.0 Å². The Kier molecular flexibility index (Phi) is 3.61. The van der Waals surface area contributed by atoms with Gasteiger partial charge >= 0.3 is 5.97 Å². The lowest BCUT2D eigenvalue weighted by Gasteiger charge is -2.19. The molecule has 2 aromatic heterocycles. The summed E-state index contributed by atoms with van der Waals surface area (Å²) in [4.78, 5) is 38.1. The Labute approximate surface area is 130 Å². The van der Waals surface area contributed by atoms with Crippen molar-refractivity contribution in [3.05, 3.63) is 29.5 Å². The molecule has 1 aliphatic heterocycles. The number of aromatic nitrogens is 3. The summed E-state index contributed by atoms with van der Waals surface area (Å²) in [6.45, 7) is 2.32. The van der Waals surface area contributed by atoms with Gasteiger partial charge in [-0.3, -0.25) is 9.59 Å². The maximum Gasteiger partial charge on any atom is 0.311 e. The van der Waals surface area contributed by atoms with Crippen LogP contribution < -0.4 is 0 Å². The maximum absolute atomic E-state index is 12.5. The smallest absolute Gasteiger partial charge is 0.311 e. The normalized spacial score (nSPS) is 21.0. The molecule has 0 radical (unpaired) electrons. The molecule has 8 heteroatoms. The molecule has 1 atom stereocenters. The number of carbonyl (C=O) groups excluding carboxylic acids is 1. The van der Waals surface area contributed by atoms with Crippen LogP contribution in [0.5, 0.6) is 0 Å². The van der Waals surface area contributed by atoms with Crippen LogP contribution >= 0.6 is 11.3 Å². The molecule has 1 aliphatic rings. The van der Waals surface area contributed by atoms with Gasteiger partial charge in [-0.25, -0.2) is 15.0 Å². The molecular weight excluding hydrogens is 304 g/mol. The van der Waals surface area contributed by atoms with Gasteiger partial charge in [0.15, 0.2) is 10.8 Å². The molecule has 0 bridgehead atoms. The number of thiazole rings is 1. The lowest BCUT2D eigenvalue weighted by molar-refractivity contribution is -0.147. The quantitative estimate of drug-likeness (QED) is 0.922. The molecule has 3 heterocycles. The van der Waals surface area contributed by atoms with Crippen molar-refractivity contribution in [3.8, 4) is 10.8 Å². The summed E-state index contributed by atoms with van der Waals surface area (Å²) in [7, 11) is 0. The summed E-state index contributed by atoms with van der Waals surface area (Å²) in [5.74, 6) is -0.585. The summed E-state index contributed by atoms with van der Waals surface area (Å²) in [5, 5.41) is 9.80. The molecule has 7 nitrogen and oxygen atoms in total. The maximum atomic E-state index is 12.5. The Morgan fingerprint density at radius 1 is 1.32 bits per heavy atom. The van der Waals surface area contributed by atoms with Crippen molar-refractivity contribution >= 4 is 23.2 Å². The molecule has 1 amide bonds. The molecule has 0 unspecified atom stereocenters. The zero-order valence-electron chi connectivity index (χ0n) is 11.9. The first-order valence-electron chi connectivity index (χ1n) is 6.75. The molecule has 22 heavy (non-hydrogen) atoms. The number of rotatable bonds is 3. The summed E-state index contributed by atoms with van der Waals surface area (Å²) >= 11 is 1.21. The molecule has 0 saturated carbocycles. The van der Waals surface area contributed by atoms with Gasteiger partial charge in [-0.15, -0.1) is 11.3 Å². The van der Waals surface area contributed by atoms with Crippen molar-refractivity contribution in [1.29, 1.82) is 0 Å². The van der Waals surface area contributed by atoms with Crippen molar-refractivity contribution in [1.82, 2.24) is 19.9 Å². The highest BCUT2D eigenvalue weighted by atomic mass is 32.1. The molecule has 1 fully saturated rings. The molecule has 0 spiro atoms. The van der Waals surface area contributed by atoms with E-state index in [0.29, 0.717) is 28.7 Å². The van der Waals surface area contributed by atoms with E-state index in [1.54, 1.807) is 30.3 Å². The second-order valence-corrected chi connectivity index (χ2v) is 6.48. The summed E-state index contributed by atoms with van der Waals surface area (Å²) < 4.78 is 0. The van der Waals surface area contributed by atoms with Crippen LogP contribution in [0, 0.1) is 5.41 Å². The first kappa shape index (κ1) is 14.6. The zero-order chi connectivity index (χ0) is 15.7. The fourth-order valence-electron chi connectivity index (χ4n) is 2.35. The monoisotopic (exact) mass is 318 g/mol. The number of carbonyl (C=O) groups is 2. The van der Waals surface area contributed by atoms with E-state index in [1.165, 1.54) is 17.5 Å². The van der Waals surface area contributed by atoms with Gasteiger partial charge in [0, 0.05) is 25.5 Å². The lowest BCUT2D eigenvalue weighted by Crippen LogP contribution is -2.34. The van der Waals surface area contributed by atoms with Gasteiger partial charge in [-0.05, 0) is 19.4 Å². The Morgan fingerprint density at radius 2 is 2.05 bits per heavy atom. The van der Waals surface area contributed by atoms with Crippen LogP contribution in [0.2, 0.25) is 0 Å².